The van der Waals surface area contributed by atoms with Crippen molar-refractivity contribution in [3.8, 4) is 5.75 Å². The lowest BCUT2D eigenvalue weighted by atomic mass is 10.0. The second kappa shape index (κ2) is 8.82. The first-order valence-corrected chi connectivity index (χ1v) is 11.9. The number of hydrogen-bond acceptors (Lipinski definition) is 6. The van der Waals surface area contributed by atoms with Crippen molar-refractivity contribution in [2.75, 3.05) is 13.1 Å². The van der Waals surface area contributed by atoms with Crippen LogP contribution in [0.4, 0.5) is 0 Å². The molecule has 3 aromatic rings. The lowest BCUT2D eigenvalue weighted by Crippen LogP contribution is -2.44. The van der Waals surface area contributed by atoms with Crippen LogP contribution in [0.15, 0.2) is 62.6 Å². The molecule has 0 saturated carbocycles. The Balaban J connectivity index is 1.46. The number of piperidine rings is 1. The van der Waals surface area contributed by atoms with Crippen LogP contribution in [0.25, 0.3) is 11.0 Å². The van der Waals surface area contributed by atoms with Crippen LogP contribution in [0, 0.1) is 0 Å². The Hall–Kier alpha value is -2.68. The fourth-order valence-electron chi connectivity index (χ4n) is 4.06. The zero-order chi connectivity index (χ0) is 22.0. The van der Waals surface area contributed by atoms with Gasteiger partial charge in [0.1, 0.15) is 11.3 Å². The molecule has 0 bridgehead atoms. The number of sulfonamides is 1. The molecular weight excluding hydrogens is 416 g/mol. The molecule has 2 heterocycles. The Kier molecular flexibility index (Phi) is 6.13. The molecule has 31 heavy (non-hydrogen) atoms. The minimum Gasteiger partial charge on any atom is -0.508 e. The van der Waals surface area contributed by atoms with E-state index in [0.29, 0.717) is 44.5 Å². The van der Waals surface area contributed by atoms with Gasteiger partial charge < -0.3 is 9.52 Å². The quantitative estimate of drug-likeness (QED) is 0.570. The van der Waals surface area contributed by atoms with Crippen LogP contribution >= 0.6 is 0 Å². The fourth-order valence-corrected chi connectivity index (χ4v) is 5.38. The average Bonchev–Trinajstić information content (AvgIpc) is 2.75. The predicted molar refractivity (Wildman–Crippen MR) is 119 cm³/mol. The third-order valence-corrected chi connectivity index (χ3v) is 7.30. The molecule has 0 aliphatic carbocycles. The van der Waals surface area contributed by atoms with Crippen LogP contribution in [0.2, 0.25) is 0 Å². The summed E-state index contributed by atoms with van der Waals surface area (Å²) in [6.45, 7) is 3.94. The number of aryl methyl sites for hydroxylation is 1. The van der Waals surface area contributed by atoms with Gasteiger partial charge in [-0.25, -0.2) is 17.9 Å². The Morgan fingerprint density at radius 1 is 1.10 bits per heavy atom. The van der Waals surface area contributed by atoms with Crippen molar-refractivity contribution in [1.29, 1.82) is 0 Å². The first kappa shape index (κ1) is 21.5. The molecule has 2 N–H and O–H groups in total. The van der Waals surface area contributed by atoms with E-state index in [2.05, 4.69) is 9.62 Å². The van der Waals surface area contributed by atoms with Crippen molar-refractivity contribution in [1.82, 2.24) is 9.62 Å². The van der Waals surface area contributed by atoms with Gasteiger partial charge >= 0.3 is 5.63 Å². The number of phenols is 1. The van der Waals surface area contributed by atoms with Crippen molar-refractivity contribution in [3.05, 3.63) is 70.1 Å². The van der Waals surface area contributed by atoms with E-state index >= 15 is 0 Å². The summed E-state index contributed by atoms with van der Waals surface area (Å²) >= 11 is 0. The lowest BCUT2D eigenvalue weighted by molar-refractivity contribution is 0.200. The van der Waals surface area contributed by atoms with Crippen molar-refractivity contribution in [3.63, 3.8) is 0 Å². The van der Waals surface area contributed by atoms with Crippen LogP contribution < -0.4 is 10.3 Å². The van der Waals surface area contributed by atoms with Gasteiger partial charge in [0, 0.05) is 43.2 Å². The first-order valence-electron chi connectivity index (χ1n) is 10.4. The third-order valence-electron chi connectivity index (χ3n) is 5.77. The molecule has 2 aromatic carbocycles. The molecule has 0 radical (unpaired) electrons. The van der Waals surface area contributed by atoms with E-state index < -0.39 is 15.6 Å². The number of hydrogen-bond donors (Lipinski definition) is 2. The topological polar surface area (TPSA) is 99.9 Å². The molecule has 164 valence electrons. The summed E-state index contributed by atoms with van der Waals surface area (Å²) < 4.78 is 33.2. The largest absolute Gasteiger partial charge is 0.508 e. The summed E-state index contributed by atoms with van der Waals surface area (Å²) in [6.07, 6.45) is 2.05. The van der Waals surface area contributed by atoms with Crippen molar-refractivity contribution in [2.24, 2.45) is 0 Å². The number of benzene rings is 2. The Morgan fingerprint density at radius 3 is 2.48 bits per heavy atom. The van der Waals surface area contributed by atoms with Gasteiger partial charge in [-0.05, 0) is 48.6 Å². The van der Waals surface area contributed by atoms with E-state index in [1.165, 1.54) is 12.1 Å². The van der Waals surface area contributed by atoms with Gasteiger partial charge in [0.2, 0.25) is 10.0 Å². The first-order chi connectivity index (χ1) is 14.9. The maximum absolute atomic E-state index is 12.6. The Morgan fingerprint density at radius 2 is 1.81 bits per heavy atom. The predicted octanol–water partition coefficient (Wildman–Crippen LogP) is 3.00. The molecule has 7 nitrogen and oxygen atoms in total. The molecule has 0 atom stereocenters. The Labute approximate surface area is 181 Å². The number of nitrogens with zero attached hydrogens (tertiary/aromatic N) is 1. The molecule has 1 aromatic heterocycles. The van der Waals surface area contributed by atoms with Crippen LogP contribution in [0.1, 0.15) is 30.9 Å². The second-order valence-electron chi connectivity index (χ2n) is 7.91. The second-order valence-corrected chi connectivity index (χ2v) is 9.62. The van der Waals surface area contributed by atoms with Crippen molar-refractivity contribution < 1.29 is 17.9 Å². The van der Waals surface area contributed by atoms with E-state index in [-0.39, 0.29) is 16.7 Å². The summed E-state index contributed by atoms with van der Waals surface area (Å²) in [6, 6.07) is 13.1. The molecule has 0 unspecified atom stereocenters. The fraction of sp³-hybridized carbons (Fsp3) is 0.348. The molecule has 0 amide bonds. The van der Waals surface area contributed by atoms with Gasteiger partial charge in [0.15, 0.2) is 0 Å². The molecule has 1 saturated heterocycles. The highest BCUT2D eigenvalue weighted by molar-refractivity contribution is 7.89. The highest BCUT2D eigenvalue weighted by Gasteiger charge is 2.25. The van der Waals surface area contributed by atoms with Gasteiger partial charge in [-0.2, -0.15) is 0 Å². The third kappa shape index (κ3) is 4.81. The zero-order valence-electron chi connectivity index (χ0n) is 17.4. The van der Waals surface area contributed by atoms with Gasteiger partial charge in [-0.3, -0.25) is 4.90 Å². The number of fused-ring (bicyclic) bond motifs is 1. The average molecular weight is 443 g/mol. The molecule has 8 heteroatoms. The molecule has 1 fully saturated rings. The lowest BCUT2D eigenvalue weighted by Gasteiger charge is -2.32. The molecular formula is C23H26N2O5S. The van der Waals surface area contributed by atoms with E-state index in [1.54, 1.807) is 30.3 Å². The van der Waals surface area contributed by atoms with E-state index in [1.807, 2.05) is 13.0 Å². The SMILES string of the molecule is CCc1cc2c(CN3CCC(NS(=O)(=O)c4ccccc4)CC3)cc(=O)oc2cc1O. The van der Waals surface area contributed by atoms with Gasteiger partial charge in [0.25, 0.3) is 0 Å². The number of nitrogens with one attached hydrogen (secondary N) is 1. The van der Waals surface area contributed by atoms with Gasteiger partial charge in [-0.1, -0.05) is 25.1 Å². The summed E-state index contributed by atoms with van der Waals surface area (Å²) in [5, 5.41) is 10.9. The van der Waals surface area contributed by atoms with Crippen molar-refractivity contribution in [2.45, 2.75) is 43.7 Å². The molecule has 4 rings (SSSR count). The maximum atomic E-state index is 12.6. The number of phenolic OH excluding ortho intramolecular Hbond substituents is 1. The van der Waals surface area contributed by atoms with Crippen molar-refractivity contribution >= 4 is 21.0 Å². The van der Waals surface area contributed by atoms with E-state index in [0.717, 1.165) is 16.5 Å². The summed E-state index contributed by atoms with van der Waals surface area (Å²) in [5.74, 6) is 0.127. The Bertz CT molecular complexity index is 1230. The number of likely N-dealkylation sites (tertiary alicyclic amines) is 1. The molecule has 1 aliphatic heterocycles. The van der Waals surface area contributed by atoms with E-state index in [4.69, 9.17) is 4.42 Å². The van der Waals surface area contributed by atoms with Crippen LogP contribution in [-0.2, 0) is 23.0 Å². The minimum absolute atomic E-state index is 0.123. The minimum atomic E-state index is -3.53. The zero-order valence-corrected chi connectivity index (χ0v) is 18.2. The van der Waals surface area contributed by atoms with Gasteiger partial charge in [0.05, 0.1) is 4.90 Å². The molecule has 1 aliphatic rings. The maximum Gasteiger partial charge on any atom is 0.336 e. The van der Waals surface area contributed by atoms with E-state index in [9.17, 15) is 18.3 Å². The van der Waals surface area contributed by atoms with Gasteiger partial charge in [-0.15, -0.1) is 0 Å². The van der Waals surface area contributed by atoms with Crippen LogP contribution in [0.3, 0.4) is 0 Å². The van der Waals surface area contributed by atoms with Crippen LogP contribution in [-0.4, -0.2) is 37.6 Å². The summed E-state index contributed by atoms with van der Waals surface area (Å²) in [4.78, 5) is 14.5. The smallest absolute Gasteiger partial charge is 0.336 e. The molecule has 0 spiro atoms. The standard InChI is InChI=1S/C23H26N2O5S/c1-2-16-12-20-17(13-23(27)30-22(20)14-21(16)26)15-25-10-8-18(9-11-25)24-31(28,29)19-6-4-3-5-7-19/h3-7,12-14,18,24,26H,2,8-11,15H2,1H3. The number of aromatic hydroxyl groups is 1. The highest BCUT2D eigenvalue weighted by Crippen LogP contribution is 2.28. The number of rotatable bonds is 6. The normalized spacial score (nSPS) is 16.0. The summed E-state index contributed by atoms with van der Waals surface area (Å²) in [7, 11) is -3.53. The highest BCUT2D eigenvalue weighted by atomic mass is 32.2. The summed E-state index contributed by atoms with van der Waals surface area (Å²) in [5.41, 5.74) is 1.58. The monoisotopic (exact) mass is 442 g/mol. The van der Waals surface area contributed by atoms with Crippen LogP contribution in [0.5, 0.6) is 5.75 Å².